The van der Waals surface area contributed by atoms with Crippen LogP contribution in [-0.4, -0.2) is 22.1 Å². The molecule has 0 saturated carbocycles. The molecular weight excluding hydrogens is 286 g/mol. The van der Waals surface area contributed by atoms with Gasteiger partial charge in [0, 0.05) is 30.6 Å². The first kappa shape index (κ1) is 14.3. The number of anilines is 1. The number of benzene rings is 1. The normalized spacial score (nSPS) is 19.7. The van der Waals surface area contributed by atoms with Crippen LogP contribution in [0.2, 0.25) is 0 Å². The average molecular weight is 305 g/mol. The molecule has 21 heavy (non-hydrogen) atoms. The van der Waals surface area contributed by atoms with Gasteiger partial charge in [0.1, 0.15) is 18.0 Å². The minimum atomic E-state index is -0.202. The minimum Gasteiger partial charge on any atom is -0.487 e. The standard InChI is InChI=1S/C15H19N3O2S/c1-15(2)8-11(10-6-4-5-7-12(10)20-15)16-14-17-13(9-19-3)18-21-14/h4-7,11H,8-9H2,1-3H3,(H,16,17,18). The van der Waals surface area contributed by atoms with Crippen molar-refractivity contribution in [3.63, 3.8) is 0 Å². The van der Waals surface area contributed by atoms with Crippen LogP contribution < -0.4 is 10.1 Å². The molecule has 0 radical (unpaired) electrons. The lowest BCUT2D eigenvalue weighted by Crippen LogP contribution is -2.37. The average Bonchev–Trinajstić information content (AvgIpc) is 2.85. The van der Waals surface area contributed by atoms with E-state index in [2.05, 4.69) is 34.6 Å². The lowest BCUT2D eigenvalue weighted by atomic mass is 9.90. The van der Waals surface area contributed by atoms with Crippen molar-refractivity contribution in [1.82, 2.24) is 9.36 Å². The highest BCUT2D eigenvalue weighted by atomic mass is 32.1. The number of hydrogen-bond acceptors (Lipinski definition) is 6. The molecule has 3 rings (SSSR count). The molecule has 0 saturated heterocycles. The predicted molar refractivity (Wildman–Crippen MR) is 82.8 cm³/mol. The van der Waals surface area contributed by atoms with Crippen molar-refractivity contribution in [2.45, 2.75) is 38.5 Å². The Balaban J connectivity index is 1.83. The molecule has 0 fully saturated rings. The third-order valence-corrected chi connectivity index (χ3v) is 4.10. The maximum absolute atomic E-state index is 6.04. The van der Waals surface area contributed by atoms with Gasteiger partial charge in [-0.2, -0.15) is 4.37 Å². The van der Waals surface area contributed by atoms with E-state index in [0.717, 1.165) is 17.3 Å². The highest BCUT2D eigenvalue weighted by Crippen LogP contribution is 2.40. The molecule has 1 aromatic heterocycles. The number of hydrogen-bond donors (Lipinski definition) is 1. The van der Waals surface area contributed by atoms with Gasteiger partial charge in [0.05, 0.1) is 6.04 Å². The van der Waals surface area contributed by atoms with Gasteiger partial charge in [-0.1, -0.05) is 18.2 Å². The number of aromatic nitrogens is 2. The number of nitrogens with zero attached hydrogens (tertiary/aromatic N) is 2. The fourth-order valence-corrected chi connectivity index (χ4v) is 3.21. The molecule has 0 aliphatic carbocycles. The molecule has 1 unspecified atom stereocenters. The van der Waals surface area contributed by atoms with Crippen molar-refractivity contribution in [3.8, 4) is 5.75 Å². The summed E-state index contributed by atoms with van der Waals surface area (Å²) in [7, 11) is 1.64. The first-order valence-corrected chi connectivity index (χ1v) is 7.71. The van der Waals surface area contributed by atoms with Crippen molar-refractivity contribution >= 4 is 16.7 Å². The molecule has 1 N–H and O–H groups in total. The zero-order valence-corrected chi connectivity index (χ0v) is 13.2. The summed E-state index contributed by atoms with van der Waals surface area (Å²) in [5.41, 5.74) is 0.965. The van der Waals surface area contributed by atoms with E-state index in [4.69, 9.17) is 9.47 Å². The maximum Gasteiger partial charge on any atom is 0.203 e. The summed E-state index contributed by atoms with van der Waals surface area (Å²) in [5, 5.41) is 4.30. The van der Waals surface area contributed by atoms with E-state index >= 15 is 0 Å². The number of methoxy groups -OCH3 is 1. The summed E-state index contributed by atoms with van der Waals surface area (Å²) in [5.74, 6) is 1.65. The van der Waals surface area contributed by atoms with Gasteiger partial charge < -0.3 is 14.8 Å². The second-order valence-corrected chi connectivity index (χ2v) is 6.50. The zero-order chi connectivity index (χ0) is 14.9. The molecule has 0 spiro atoms. The van der Waals surface area contributed by atoms with E-state index in [9.17, 15) is 0 Å². The van der Waals surface area contributed by atoms with Crippen LogP contribution in [0.15, 0.2) is 24.3 Å². The molecule has 2 aromatic rings. The highest BCUT2D eigenvalue weighted by Gasteiger charge is 2.33. The zero-order valence-electron chi connectivity index (χ0n) is 12.4. The minimum absolute atomic E-state index is 0.174. The third-order valence-electron chi connectivity index (χ3n) is 3.42. The van der Waals surface area contributed by atoms with Gasteiger partial charge in [-0.25, -0.2) is 4.98 Å². The molecule has 6 heteroatoms. The number of nitrogens with one attached hydrogen (secondary N) is 1. The summed E-state index contributed by atoms with van der Waals surface area (Å²) in [6.45, 7) is 4.65. The van der Waals surface area contributed by atoms with Gasteiger partial charge in [0.2, 0.25) is 5.13 Å². The van der Waals surface area contributed by atoms with Gasteiger partial charge in [-0.15, -0.1) is 0 Å². The molecule has 5 nitrogen and oxygen atoms in total. The molecule has 1 aliphatic rings. The van der Waals surface area contributed by atoms with E-state index in [0.29, 0.717) is 12.4 Å². The van der Waals surface area contributed by atoms with Crippen molar-refractivity contribution in [2.24, 2.45) is 0 Å². The molecule has 1 aliphatic heterocycles. The van der Waals surface area contributed by atoms with E-state index in [1.165, 1.54) is 17.1 Å². The van der Waals surface area contributed by atoms with Gasteiger partial charge in [0.25, 0.3) is 0 Å². The molecular formula is C15H19N3O2S. The fraction of sp³-hybridized carbons (Fsp3) is 0.467. The highest BCUT2D eigenvalue weighted by molar-refractivity contribution is 7.09. The SMILES string of the molecule is COCc1nsc(NC2CC(C)(C)Oc3ccccc32)n1. The Hall–Kier alpha value is -1.66. The van der Waals surface area contributed by atoms with Crippen LogP contribution in [0.4, 0.5) is 5.13 Å². The fourth-order valence-electron chi connectivity index (χ4n) is 2.58. The van der Waals surface area contributed by atoms with Crippen molar-refractivity contribution in [3.05, 3.63) is 35.7 Å². The second-order valence-electron chi connectivity index (χ2n) is 5.75. The molecule has 1 aromatic carbocycles. The van der Waals surface area contributed by atoms with E-state index in [-0.39, 0.29) is 11.6 Å². The Morgan fingerprint density at radius 2 is 2.24 bits per heavy atom. The topological polar surface area (TPSA) is 56.3 Å². The maximum atomic E-state index is 6.04. The number of para-hydroxylation sites is 1. The number of rotatable bonds is 4. The molecule has 0 bridgehead atoms. The van der Waals surface area contributed by atoms with Crippen molar-refractivity contribution in [2.75, 3.05) is 12.4 Å². The Labute approximate surface area is 128 Å². The van der Waals surface area contributed by atoms with Crippen LogP contribution in [0.3, 0.4) is 0 Å². The third kappa shape index (κ3) is 3.16. The van der Waals surface area contributed by atoms with Gasteiger partial charge in [-0.3, -0.25) is 0 Å². The van der Waals surface area contributed by atoms with Gasteiger partial charge >= 0.3 is 0 Å². The van der Waals surface area contributed by atoms with E-state index in [1.54, 1.807) is 7.11 Å². The Morgan fingerprint density at radius 3 is 3.05 bits per heavy atom. The molecule has 1 atom stereocenters. The Kier molecular flexibility index (Phi) is 3.82. The number of fused-ring (bicyclic) bond motifs is 1. The van der Waals surface area contributed by atoms with Crippen molar-refractivity contribution in [1.29, 1.82) is 0 Å². The predicted octanol–water partition coefficient (Wildman–Crippen LogP) is 3.40. The summed E-state index contributed by atoms with van der Waals surface area (Å²) in [6, 6.07) is 8.32. The largest absolute Gasteiger partial charge is 0.487 e. The van der Waals surface area contributed by atoms with Gasteiger partial charge in [-0.05, 0) is 19.9 Å². The van der Waals surface area contributed by atoms with Crippen molar-refractivity contribution < 1.29 is 9.47 Å². The quantitative estimate of drug-likeness (QED) is 0.938. The lowest BCUT2D eigenvalue weighted by Gasteiger charge is -2.37. The monoisotopic (exact) mass is 305 g/mol. The van der Waals surface area contributed by atoms with Crippen LogP contribution in [0.1, 0.15) is 37.7 Å². The van der Waals surface area contributed by atoms with Crippen LogP contribution >= 0.6 is 11.5 Å². The van der Waals surface area contributed by atoms with E-state index < -0.39 is 0 Å². The van der Waals surface area contributed by atoms with Crippen LogP contribution in [-0.2, 0) is 11.3 Å². The van der Waals surface area contributed by atoms with Gasteiger partial charge in [0.15, 0.2) is 5.82 Å². The Morgan fingerprint density at radius 1 is 1.43 bits per heavy atom. The molecule has 0 amide bonds. The second kappa shape index (κ2) is 5.61. The smallest absolute Gasteiger partial charge is 0.203 e. The van der Waals surface area contributed by atoms with E-state index in [1.807, 2.05) is 18.2 Å². The van der Waals surface area contributed by atoms with Crippen LogP contribution in [0, 0.1) is 0 Å². The number of ether oxygens (including phenoxy) is 2. The summed E-state index contributed by atoms with van der Waals surface area (Å²) in [4.78, 5) is 4.45. The Bertz CT molecular complexity index is 627. The summed E-state index contributed by atoms with van der Waals surface area (Å²) >= 11 is 1.36. The van der Waals surface area contributed by atoms with Crippen LogP contribution in [0.25, 0.3) is 0 Å². The molecule has 112 valence electrons. The molecule has 2 heterocycles. The van der Waals surface area contributed by atoms with Crippen LogP contribution in [0.5, 0.6) is 5.75 Å². The lowest BCUT2D eigenvalue weighted by molar-refractivity contribution is 0.0759. The first-order valence-electron chi connectivity index (χ1n) is 6.93. The summed E-state index contributed by atoms with van der Waals surface area (Å²) < 4.78 is 15.4. The summed E-state index contributed by atoms with van der Waals surface area (Å²) in [6.07, 6.45) is 0.878. The first-order chi connectivity index (χ1) is 10.1.